The van der Waals surface area contributed by atoms with Gasteiger partial charge in [-0.1, -0.05) is 25.3 Å². The van der Waals surface area contributed by atoms with Crippen molar-refractivity contribution in [1.82, 2.24) is 30.0 Å². The number of benzene rings is 1. The molecule has 0 radical (unpaired) electrons. The summed E-state index contributed by atoms with van der Waals surface area (Å²) in [5.74, 6) is -1.61. The van der Waals surface area contributed by atoms with Crippen LogP contribution in [0.3, 0.4) is 0 Å². The predicted molar refractivity (Wildman–Crippen MR) is 201 cm³/mol. The van der Waals surface area contributed by atoms with Crippen LogP contribution in [-0.4, -0.2) is 80.4 Å². The molecule has 2 aliphatic heterocycles. The number of primary amides is 1. The van der Waals surface area contributed by atoms with Gasteiger partial charge in [-0.25, -0.2) is 9.59 Å². The number of alkyl carbamates (subject to hydrolysis) is 1. The third kappa shape index (κ3) is 10.3. The van der Waals surface area contributed by atoms with Crippen LogP contribution < -0.4 is 27.4 Å². The quantitative estimate of drug-likeness (QED) is 0.224. The third-order valence-electron chi connectivity index (χ3n) is 11.1. The second kappa shape index (κ2) is 17.6. The lowest BCUT2D eigenvalue weighted by Crippen LogP contribution is -2.58. The minimum absolute atomic E-state index is 0.0154. The molecule has 15 nitrogen and oxygen atoms in total. The number of imide groups is 1. The highest BCUT2D eigenvalue weighted by atomic mass is 16.6. The molecule has 54 heavy (non-hydrogen) atoms. The highest BCUT2D eigenvalue weighted by molar-refractivity contribution is 6.00. The Bertz CT molecular complexity index is 1780. The van der Waals surface area contributed by atoms with E-state index in [0.29, 0.717) is 24.5 Å². The summed E-state index contributed by atoms with van der Waals surface area (Å²) >= 11 is 0. The minimum atomic E-state index is -1.09. The molecule has 6 amide bonds. The number of ether oxygens (including phenoxy) is 1. The molecule has 1 saturated carbocycles. The Morgan fingerprint density at radius 1 is 0.963 bits per heavy atom. The van der Waals surface area contributed by atoms with E-state index in [9.17, 15) is 33.6 Å². The minimum Gasteiger partial charge on any atom is -0.444 e. The fourth-order valence-corrected chi connectivity index (χ4v) is 8.14. The number of nitrogens with zero attached hydrogens (tertiary/aromatic N) is 3. The Morgan fingerprint density at radius 3 is 2.31 bits per heavy atom. The monoisotopic (exact) mass is 751 g/mol. The van der Waals surface area contributed by atoms with Gasteiger partial charge in [-0.05, 0) is 108 Å². The van der Waals surface area contributed by atoms with Crippen molar-refractivity contribution in [3.63, 3.8) is 0 Å². The molecule has 2 saturated heterocycles. The number of hydrogen-bond donors (Lipinski definition) is 4. The Labute approximate surface area is 316 Å². The van der Waals surface area contributed by atoms with Gasteiger partial charge in [0.05, 0.1) is 11.0 Å². The van der Waals surface area contributed by atoms with Crippen molar-refractivity contribution in [3.05, 3.63) is 34.2 Å². The number of imidazole rings is 1. The highest BCUT2D eigenvalue weighted by Gasteiger charge is 2.37. The van der Waals surface area contributed by atoms with Crippen LogP contribution in [0.25, 0.3) is 11.0 Å². The molecule has 1 aromatic carbocycles. The van der Waals surface area contributed by atoms with E-state index in [1.54, 1.807) is 32.4 Å². The van der Waals surface area contributed by atoms with Gasteiger partial charge in [0, 0.05) is 33.0 Å². The number of likely N-dealkylation sites (tertiary alicyclic amines) is 1. The van der Waals surface area contributed by atoms with E-state index >= 15 is 0 Å². The van der Waals surface area contributed by atoms with Crippen molar-refractivity contribution >= 4 is 46.7 Å². The second-order valence-electron chi connectivity index (χ2n) is 16.3. The maximum atomic E-state index is 14.1. The zero-order valence-electron chi connectivity index (χ0n) is 32.1. The fourth-order valence-electron chi connectivity index (χ4n) is 8.14. The number of rotatable bonds is 13. The van der Waals surface area contributed by atoms with Crippen LogP contribution in [0.4, 0.5) is 4.79 Å². The maximum Gasteiger partial charge on any atom is 0.408 e. The van der Waals surface area contributed by atoms with E-state index in [0.717, 1.165) is 75.3 Å². The number of aromatic nitrogens is 2. The molecular formula is C39H57N7O8. The number of fused-ring (bicyclic) bond motifs is 1. The van der Waals surface area contributed by atoms with E-state index in [-0.39, 0.29) is 49.1 Å². The molecule has 3 atom stereocenters. The molecule has 3 unspecified atom stereocenters. The molecule has 0 spiro atoms. The first-order valence-electron chi connectivity index (χ1n) is 19.5. The average molecular weight is 752 g/mol. The molecule has 3 heterocycles. The van der Waals surface area contributed by atoms with Crippen molar-refractivity contribution in [2.45, 2.75) is 134 Å². The van der Waals surface area contributed by atoms with Crippen LogP contribution in [0.15, 0.2) is 23.0 Å². The fraction of sp³-hybridized carbons (Fsp3) is 0.667. The number of piperidine rings is 2. The van der Waals surface area contributed by atoms with Crippen LogP contribution in [-0.2, 0) is 42.2 Å². The van der Waals surface area contributed by atoms with Crippen LogP contribution in [0.1, 0.15) is 116 Å². The Hall–Kier alpha value is -4.69. The molecule has 5 rings (SSSR count). The predicted octanol–water partition coefficient (Wildman–Crippen LogP) is 3.10. The van der Waals surface area contributed by atoms with E-state index < -0.39 is 47.5 Å². The molecule has 2 aromatic rings. The Balaban J connectivity index is 1.17. The van der Waals surface area contributed by atoms with Crippen LogP contribution in [0, 0.1) is 11.8 Å². The first kappa shape index (κ1) is 40.5. The maximum absolute atomic E-state index is 14.1. The first-order valence-corrected chi connectivity index (χ1v) is 19.5. The van der Waals surface area contributed by atoms with Gasteiger partial charge in [0.15, 0.2) is 0 Å². The Morgan fingerprint density at radius 2 is 1.67 bits per heavy atom. The lowest BCUT2D eigenvalue weighted by atomic mass is 9.82. The van der Waals surface area contributed by atoms with Gasteiger partial charge in [0.1, 0.15) is 23.7 Å². The van der Waals surface area contributed by atoms with Crippen molar-refractivity contribution in [2.24, 2.45) is 24.6 Å². The van der Waals surface area contributed by atoms with Crippen molar-refractivity contribution < 1.29 is 33.5 Å². The SMILES string of the molecule is Cn1c(=O)n(C2CCC(=O)NC2=O)c2ccc(CCCC3CCN(C(=O)C(NC(=O)C(CCC(N)=O)NC(=O)OC(C)(C)C)C4CCCCC4)CC3)cc21. The molecule has 3 fully saturated rings. The van der Waals surface area contributed by atoms with Crippen LogP contribution >= 0.6 is 0 Å². The molecule has 1 aromatic heterocycles. The summed E-state index contributed by atoms with van der Waals surface area (Å²) in [6.45, 7) is 6.32. The number of hydrogen-bond acceptors (Lipinski definition) is 8. The molecule has 0 bridgehead atoms. The molecule has 296 valence electrons. The number of carbonyl (C=O) groups is 6. The zero-order valence-corrected chi connectivity index (χ0v) is 32.1. The lowest BCUT2D eigenvalue weighted by Gasteiger charge is -2.38. The topological polar surface area (TPSA) is 204 Å². The summed E-state index contributed by atoms with van der Waals surface area (Å²) in [5.41, 5.74) is 6.79. The number of nitrogens with two attached hydrogens (primary N) is 1. The largest absolute Gasteiger partial charge is 0.444 e. The average Bonchev–Trinajstić information content (AvgIpc) is 3.36. The second-order valence-corrected chi connectivity index (χ2v) is 16.3. The smallest absolute Gasteiger partial charge is 0.408 e. The van der Waals surface area contributed by atoms with Gasteiger partial charge in [-0.15, -0.1) is 0 Å². The molecule has 3 aliphatic rings. The van der Waals surface area contributed by atoms with Gasteiger partial charge in [-0.2, -0.15) is 0 Å². The highest BCUT2D eigenvalue weighted by Crippen LogP contribution is 2.30. The first-order chi connectivity index (χ1) is 25.6. The zero-order chi connectivity index (χ0) is 39.2. The normalized spacial score (nSPS) is 19.9. The molecule has 5 N–H and O–H groups in total. The van der Waals surface area contributed by atoms with E-state index in [1.165, 1.54) is 4.57 Å². The van der Waals surface area contributed by atoms with Gasteiger partial charge < -0.3 is 26.0 Å². The third-order valence-corrected chi connectivity index (χ3v) is 11.1. The van der Waals surface area contributed by atoms with Crippen LogP contribution in [0.2, 0.25) is 0 Å². The number of amides is 6. The van der Waals surface area contributed by atoms with E-state index in [2.05, 4.69) is 16.0 Å². The van der Waals surface area contributed by atoms with Crippen LogP contribution in [0.5, 0.6) is 0 Å². The summed E-state index contributed by atoms with van der Waals surface area (Å²) in [5, 5.41) is 7.90. The summed E-state index contributed by atoms with van der Waals surface area (Å²) in [7, 11) is 1.69. The van der Waals surface area contributed by atoms with Crippen molar-refractivity contribution in [1.29, 1.82) is 0 Å². The lowest BCUT2D eigenvalue weighted by molar-refractivity contribution is -0.140. The summed E-state index contributed by atoms with van der Waals surface area (Å²) < 4.78 is 8.39. The Kier molecular flexibility index (Phi) is 13.2. The van der Waals surface area contributed by atoms with Crippen molar-refractivity contribution in [3.8, 4) is 0 Å². The van der Waals surface area contributed by atoms with E-state index in [1.807, 2.05) is 23.1 Å². The van der Waals surface area contributed by atoms with E-state index in [4.69, 9.17) is 10.5 Å². The number of aryl methyl sites for hydroxylation is 2. The summed E-state index contributed by atoms with van der Waals surface area (Å²) in [6, 6.07) is 3.33. The molecular weight excluding hydrogens is 694 g/mol. The van der Waals surface area contributed by atoms with Gasteiger partial charge in [-0.3, -0.25) is 38.4 Å². The van der Waals surface area contributed by atoms with Gasteiger partial charge >= 0.3 is 11.8 Å². The number of nitrogens with one attached hydrogen (secondary N) is 3. The number of carbonyl (C=O) groups excluding carboxylic acids is 6. The summed E-state index contributed by atoms with van der Waals surface area (Å²) in [6.07, 6.45) is 8.66. The molecule has 1 aliphatic carbocycles. The molecule has 15 heteroatoms. The van der Waals surface area contributed by atoms with Gasteiger partial charge in [0.25, 0.3) is 0 Å². The van der Waals surface area contributed by atoms with Gasteiger partial charge in [0.2, 0.25) is 29.5 Å². The summed E-state index contributed by atoms with van der Waals surface area (Å²) in [4.78, 5) is 91.1. The van der Waals surface area contributed by atoms with Crippen molar-refractivity contribution in [2.75, 3.05) is 13.1 Å². The standard InChI is InChI=1S/C39H57N7O8/c1-39(2,3)54-37(52)41-27(14-17-31(40)47)34(49)43-33(26-11-6-5-7-12-26)36(51)45-21-19-24(20-22-45)9-8-10-25-13-15-28-30(23-25)44(4)38(53)46(28)29-16-18-32(48)42-35(29)50/h13,15,23-24,26-27,29,33H,5-12,14,16-22H2,1-4H3,(H2,40,47)(H,41,52)(H,43,49)(H,42,48,50).